The number of nitrogens with one attached hydrogen (secondary N) is 1. The Balaban J connectivity index is 2.37. The van der Waals surface area contributed by atoms with Crippen LogP contribution in [-0.4, -0.2) is 31.1 Å². The highest BCUT2D eigenvalue weighted by Gasteiger charge is 2.27. The molecule has 1 fully saturated rings. The van der Waals surface area contributed by atoms with Crippen molar-refractivity contribution >= 4 is 15.9 Å². The van der Waals surface area contributed by atoms with E-state index >= 15 is 0 Å². The van der Waals surface area contributed by atoms with E-state index in [0.717, 1.165) is 26.2 Å². The van der Waals surface area contributed by atoms with Gasteiger partial charge >= 0.3 is 0 Å². The standard InChI is InChI=1S/C14H17BrF2N2/c1-2-3-12(19-8-6-18-7-9-19)13-11(16)5-4-10(15)14(13)17/h2,4-5,12,18H,1,3,6-9H2/t12-/m1/s1. The molecule has 0 saturated carbocycles. The van der Waals surface area contributed by atoms with Gasteiger partial charge in [0, 0.05) is 37.8 Å². The quantitative estimate of drug-likeness (QED) is 0.673. The molecule has 0 spiro atoms. The molecule has 0 unspecified atom stereocenters. The summed E-state index contributed by atoms with van der Waals surface area (Å²) in [7, 11) is 0. The van der Waals surface area contributed by atoms with Crippen LogP contribution in [0.5, 0.6) is 0 Å². The fourth-order valence-electron chi connectivity index (χ4n) is 2.45. The van der Waals surface area contributed by atoms with Crippen molar-refractivity contribution in [3.63, 3.8) is 0 Å². The molecule has 1 atom stereocenters. The van der Waals surface area contributed by atoms with Crippen LogP contribution in [0.3, 0.4) is 0 Å². The van der Waals surface area contributed by atoms with E-state index in [1.165, 1.54) is 12.1 Å². The lowest BCUT2D eigenvalue weighted by molar-refractivity contribution is 0.167. The molecule has 1 aliphatic heterocycles. The highest BCUT2D eigenvalue weighted by molar-refractivity contribution is 9.10. The van der Waals surface area contributed by atoms with Gasteiger partial charge in [0.15, 0.2) is 0 Å². The number of halogens is 3. The van der Waals surface area contributed by atoms with Gasteiger partial charge in [0.25, 0.3) is 0 Å². The third-order valence-corrected chi connectivity index (χ3v) is 4.01. The topological polar surface area (TPSA) is 15.3 Å². The van der Waals surface area contributed by atoms with Gasteiger partial charge in [0.2, 0.25) is 0 Å². The first-order valence-electron chi connectivity index (χ1n) is 6.34. The van der Waals surface area contributed by atoms with Crippen molar-refractivity contribution in [2.45, 2.75) is 12.5 Å². The van der Waals surface area contributed by atoms with Crippen LogP contribution in [0.2, 0.25) is 0 Å². The van der Waals surface area contributed by atoms with Crippen LogP contribution in [0, 0.1) is 11.6 Å². The summed E-state index contributed by atoms with van der Waals surface area (Å²) >= 11 is 3.13. The highest BCUT2D eigenvalue weighted by Crippen LogP contribution is 2.32. The Morgan fingerprint density at radius 1 is 1.37 bits per heavy atom. The van der Waals surface area contributed by atoms with Crippen LogP contribution in [0.15, 0.2) is 29.3 Å². The lowest BCUT2D eigenvalue weighted by Gasteiger charge is -2.35. The van der Waals surface area contributed by atoms with E-state index < -0.39 is 11.6 Å². The first kappa shape index (κ1) is 14.6. The van der Waals surface area contributed by atoms with E-state index in [4.69, 9.17) is 0 Å². The third-order valence-electron chi connectivity index (χ3n) is 3.39. The monoisotopic (exact) mass is 330 g/mol. The molecule has 0 aromatic heterocycles. The number of nitrogens with zero attached hydrogens (tertiary/aromatic N) is 1. The van der Waals surface area contributed by atoms with E-state index in [1.807, 2.05) is 0 Å². The number of benzene rings is 1. The van der Waals surface area contributed by atoms with Gasteiger partial charge in [-0.2, -0.15) is 0 Å². The largest absolute Gasteiger partial charge is 0.314 e. The van der Waals surface area contributed by atoms with Crippen LogP contribution in [-0.2, 0) is 0 Å². The molecule has 1 aromatic carbocycles. The van der Waals surface area contributed by atoms with E-state index in [2.05, 4.69) is 32.7 Å². The van der Waals surface area contributed by atoms with Crippen molar-refractivity contribution in [1.82, 2.24) is 10.2 Å². The van der Waals surface area contributed by atoms with Crippen LogP contribution in [0.25, 0.3) is 0 Å². The lowest BCUT2D eigenvalue weighted by atomic mass is 10.00. The average molecular weight is 331 g/mol. The smallest absolute Gasteiger partial charge is 0.145 e. The summed E-state index contributed by atoms with van der Waals surface area (Å²) in [4.78, 5) is 2.10. The molecular weight excluding hydrogens is 314 g/mol. The van der Waals surface area contributed by atoms with Gasteiger partial charge < -0.3 is 5.32 Å². The van der Waals surface area contributed by atoms with Crippen molar-refractivity contribution in [2.75, 3.05) is 26.2 Å². The number of hydrogen-bond donors (Lipinski definition) is 1. The minimum Gasteiger partial charge on any atom is -0.314 e. The summed E-state index contributed by atoms with van der Waals surface area (Å²) in [5.74, 6) is -1.00. The molecule has 5 heteroatoms. The first-order chi connectivity index (χ1) is 9.15. The van der Waals surface area contributed by atoms with Gasteiger partial charge in [-0.05, 0) is 34.5 Å². The molecule has 0 radical (unpaired) electrons. The number of hydrogen-bond acceptors (Lipinski definition) is 2. The molecule has 2 nitrogen and oxygen atoms in total. The normalized spacial score (nSPS) is 18.3. The summed E-state index contributed by atoms with van der Waals surface area (Å²) in [6.45, 7) is 6.94. The van der Waals surface area contributed by atoms with Gasteiger partial charge in [-0.1, -0.05) is 6.08 Å². The van der Waals surface area contributed by atoms with Crippen LogP contribution in [0.1, 0.15) is 18.0 Å². The Kier molecular flexibility index (Phi) is 5.07. The molecule has 0 aliphatic carbocycles. The Bertz CT molecular complexity index is 459. The second-order valence-electron chi connectivity index (χ2n) is 4.58. The second-order valence-corrected chi connectivity index (χ2v) is 5.44. The maximum Gasteiger partial charge on any atom is 0.145 e. The molecule has 104 valence electrons. The number of piperazine rings is 1. The molecule has 1 saturated heterocycles. The first-order valence-corrected chi connectivity index (χ1v) is 7.13. The van der Waals surface area contributed by atoms with E-state index in [0.29, 0.717) is 10.9 Å². The van der Waals surface area contributed by atoms with Gasteiger partial charge in [0.05, 0.1) is 4.47 Å². The molecule has 1 aliphatic rings. The molecule has 0 bridgehead atoms. The summed E-state index contributed by atoms with van der Waals surface area (Å²) in [6, 6.07) is 2.41. The highest BCUT2D eigenvalue weighted by atomic mass is 79.9. The zero-order valence-electron chi connectivity index (χ0n) is 10.6. The van der Waals surface area contributed by atoms with Gasteiger partial charge in [-0.15, -0.1) is 6.58 Å². The molecule has 19 heavy (non-hydrogen) atoms. The molecule has 1 aromatic rings. The maximum atomic E-state index is 14.2. The molecule has 1 heterocycles. The van der Waals surface area contributed by atoms with E-state index in [1.54, 1.807) is 6.08 Å². The predicted molar refractivity (Wildman–Crippen MR) is 76.1 cm³/mol. The zero-order valence-corrected chi connectivity index (χ0v) is 12.2. The molecule has 2 rings (SSSR count). The summed E-state index contributed by atoms with van der Waals surface area (Å²) in [5.41, 5.74) is 0.135. The Morgan fingerprint density at radius 3 is 2.68 bits per heavy atom. The van der Waals surface area contributed by atoms with Gasteiger partial charge in [-0.25, -0.2) is 8.78 Å². The fourth-order valence-corrected chi connectivity index (χ4v) is 2.80. The minimum atomic E-state index is -0.509. The maximum absolute atomic E-state index is 14.2. The zero-order chi connectivity index (χ0) is 13.8. The number of rotatable bonds is 4. The Labute approximate surface area is 120 Å². The third kappa shape index (κ3) is 3.22. The van der Waals surface area contributed by atoms with Crippen molar-refractivity contribution in [3.05, 3.63) is 46.5 Å². The Hall–Kier alpha value is -0.780. The van der Waals surface area contributed by atoms with E-state index in [9.17, 15) is 8.78 Å². The second kappa shape index (κ2) is 6.59. The molecule has 0 amide bonds. The molecule has 1 N–H and O–H groups in total. The van der Waals surface area contributed by atoms with Gasteiger partial charge in [0.1, 0.15) is 11.6 Å². The molecular formula is C14H17BrF2N2. The lowest BCUT2D eigenvalue weighted by Crippen LogP contribution is -2.45. The average Bonchev–Trinajstić information content (AvgIpc) is 2.43. The SMILES string of the molecule is C=CC[C@H](c1c(F)ccc(Br)c1F)N1CCNCC1. The van der Waals surface area contributed by atoms with Crippen LogP contribution in [0.4, 0.5) is 8.78 Å². The van der Waals surface area contributed by atoms with Crippen LogP contribution < -0.4 is 5.32 Å². The summed E-state index contributed by atoms with van der Waals surface area (Å²) in [6.07, 6.45) is 2.25. The van der Waals surface area contributed by atoms with Gasteiger partial charge in [-0.3, -0.25) is 4.90 Å². The van der Waals surface area contributed by atoms with Crippen molar-refractivity contribution in [1.29, 1.82) is 0 Å². The summed E-state index contributed by atoms with van der Waals surface area (Å²) in [5, 5.41) is 3.24. The fraction of sp³-hybridized carbons (Fsp3) is 0.429. The van der Waals surface area contributed by atoms with E-state index in [-0.39, 0.29) is 11.6 Å². The van der Waals surface area contributed by atoms with Crippen molar-refractivity contribution in [2.24, 2.45) is 0 Å². The minimum absolute atomic E-state index is 0.135. The summed E-state index contributed by atoms with van der Waals surface area (Å²) < 4.78 is 28.5. The van der Waals surface area contributed by atoms with Crippen LogP contribution >= 0.6 is 15.9 Å². The van der Waals surface area contributed by atoms with Crippen molar-refractivity contribution < 1.29 is 8.78 Å². The Morgan fingerprint density at radius 2 is 2.05 bits per heavy atom. The predicted octanol–water partition coefficient (Wildman–Crippen LogP) is 3.25. The van der Waals surface area contributed by atoms with Crippen molar-refractivity contribution in [3.8, 4) is 0 Å².